The van der Waals surface area contributed by atoms with Crippen LogP contribution in [-0.2, 0) is 14.3 Å². The van der Waals surface area contributed by atoms with Crippen molar-refractivity contribution in [3.8, 4) is 0 Å². The average Bonchev–Trinajstić information content (AvgIpc) is 2.96. The highest BCUT2D eigenvalue weighted by Crippen LogP contribution is 2.26. The molecule has 2 rings (SSSR count). The fraction of sp³-hybridized carbons (Fsp3) is 0.312. The molecule has 0 fully saturated rings. The molecular formula is C16H17ClN2O4S. The molecule has 128 valence electrons. The van der Waals surface area contributed by atoms with Gasteiger partial charge < -0.3 is 14.6 Å². The molecule has 0 bridgehead atoms. The number of hydrogen-bond donors (Lipinski definition) is 1. The third kappa shape index (κ3) is 5.28. The number of carbonyl (C=O) groups is 2. The summed E-state index contributed by atoms with van der Waals surface area (Å²) < 4.78 is 10.1. The number of esters is 1. The normalized spacial score (nSPS) is 11.8. The minimum absolute atomic E-state index is 0.0661. The van der Waals surface area contributed by atoms with Crippen LogP contribution in [0.4, 0.5) is 5.82 Å². The topological polar surface area (TPSA) is 81.4 Å². The highest BCUT2D eigenvalue weighted by Gasteiger charge is 2.22. The summed E-state index contributed by atoms with van der Waals surface area (Å²) in [5.74, 6) is 0.000378. The van der Waals surface area contributed by atoms with E-state index in [0.29, 0.717) is 17.2 Å². The molecule has 1 heterocycles. The van der Waals surface area contributed by atoms with Crippen LogP contribution in [0.15, 0.2) is 39.8 Å². The molecule has 1 unspecified atom stereocenters. The van der Waals surface area contributed by atoms with Gasteiger partial charge in [0.2, 0.25) is 0 Å². The summed E-state index contributed by atoms with van der Waals surface area (Å²) in [6.07, 6.45) is -0.535. The van der Waals surface area contributed by atoms with Crippen molar-refractivity contribution < 1.29 is 18.8 Å². The number of carbonyl (C=O) groups excluding carboxylic acids is 2. The number of hydrogen-bond acceptors (Lipinski definition) is 6. The number of anilines is 1. The Hall–Kier alpha value is -1.99. The van der Waals surface area contributed by atoms with E-state index in [1.165, 1.54) is 11.8 Å². The second-order valence-electron chi connectivity index (χ2n) is 4.92. The van der Waals surface area contributed by atoms with E-state index in [1.54, 1.807) is 26.0 Å². The molecule has 0 radical (unpaired) electrons. The summed E-state index contributed by atoms with van der Waals surface area (Å²) in [5, 5.41) is 6.80. The number of aromatic nitrogens is 1. The average molecular weight is 369 g/mol. The van der Waals surface area contributed by atoms with Crippen molar-refractivity contribution in [2.75, 3.05) is 11.1 Å². The Morgan fingerprint density at radius 1 is 1.42 bits per heavy atom. The maximum absolute atomic E-state index is 12.1. The molecule has 0 aliphatic carbocycles. The summed E-state index contributed by atoms with van der Waals surface area (Å²) in [5.41, 5.74) is 0. The molecule has 0 aliphatic rings. The van der Waals surface area contributed by atoms with Crippen molar-refractivity contribution in [1.29, 1.82) is 0 Å². The quantitative estimate of drug-likeness (QED) is 0.593. The second-order valence-corrected chi connectivity index (χ2v) is 6.34. The van der Waals surface area contributed by atoms with E-state index in [2.05, 4.69) is 10.5 Å². The fourth-order valence-electron chi connectivity index (χ4n) is 1.85. The molecule has 1 N–H and O–H groups in total. The molecular weight excluding hydrogens is 352 g/mol. The van der Waals surface area contributed by atoms with Gasteiger partial charge in [0.05, 0.1) is 10.8 Å². The molecule has 1 atom stereocenters. The number of thioether (sulfide) groups is 1. The van der Waals surface area contributed by atoms with Gasteiger partial charge >= 0.3 is 5.97 Å². The van der Waals surface area contributed by atoms with Crippen LogP contribution in [0.1, 0.15) is 19.1 Å². The number of benzene rings is 1. The minimum Gasteiger partial charge on any atom is -0.452 e. The second kappa shape index (κ2) is 8.75. The summed E-state index contributed by atoms with van der Waals surface area (Å²) in [7, 11) is 0. The van der Waals surface area contributed by atoms with E-state index in [-0.39, 0.29) is 11.6 Å². The van der Waals surface area contributed by atoms with E-state index in [9.17, 15) is 9.59 Å². The van der Waals surface area contributed by atoms with E-state index in [1.807, 2.05) is 18.2 Å². The van der Waals surface area contributed by atoms with Gasteiger partial charge in [-0.2, -0.15) is 0 Å². The van der Waals surface area contributed by atoms with Crippen LogP contribution in [0, 0.1) is 6.92 Å². The Labute approximate surface area is 148 Å². The highest BCUT2D eigenvalue weighted by atomic mass is 35.5. The van der Waals surface area contributed by atoms with Crippen molar-refractivity contribution in [3.63, 3.8) is 0 Å². The third-order valence-electron chi connectivity index (χ3n) is 3.00. The SMILES string of the molecule is CCC(OC(=O)CSc1ccccc1Cl)C(=O)Nc1cc(C)on1. The van der Waals surface area contributed by atoms with Crippen LogP contribution in [0.2, 0.25) is 5.02 Å². The van der Waals surface area contributed by atoms with Crippen LogP contribution in [0.3, 0.4) is 0 Å². The van der Waals surface area contributed by atoms with Crippen molar-refractivity contribution in [3.05, 3.63) is 41.1 Å². The van der Waals surface area contributed by atoms with Crippen LogP contribution < -0.4 is 5.32 Å². The lowest BCUT2D eigenvalue weighted by atomic mass is 10.2. The zero-order valence-corrected chi connectivity index (χ0v) is 14.8. The van der Waals surface area contributed by atoms with E-state index in [0.717, 1.165) is 4.90 Å². The minimum atomic E-state index is -0.888. The standard InChI is InChI=1S/C16H17ClN2O4S/c1-3-12(16(21)18-14-8-10(2)23-19-14)22-15(20)9-24-13-7-5-4-6-11(13)17/h4-8,12H,3,9H2,1-2H3,(H,18,19,21). The molecule has 6 nitrogen and oxygen atoms in total. The lowest BCUT2D eigenvalue weighted by molar-refractivity contribution is -0.151. The van der Waals surface area contributed by atoms with E-state index in [4.69, 9.17) is 20.9 Å². The first-order chi connectivity index (χ1) is 11.5. The van der Waals surface area contributed by atoms with Crippen LogP contribution in [-0.4, -0.2) is 28.9 Å². The molecule has 0 saturated heterocycles. The fourth-order valence-corrected chi connectivity index (χ4v) is 2.87. The molecule has 8 heteroatoms. The highest BCUT2D eigenvalue weighted by molar-refractivity contribution is 8.00. The molecule has 24 heavy (non-hydrogen) atoms. The number of nitrogens with one attached hydrogen (secondary N) is 1. The Kier molecular flexibility index (Phi) is 6.69. The van der Waals surface area contributed by atoms with Gasteiger partial charge in [0.25, 0.3) is 5.91 Å². The van der Waals surface area contributed by atoms with Crippen molar-refractivity contribution in [2.24, 2.45) is 0 Å². The predicted molar refractivity (Wildman–Crippen MR) is 92.2 cm³/mol. The predicted octanol–water partition coefficient (Wildman–Crippen LogP) is 3.69. The molecule has 2 aromatic rings. The Bertz CT molecular complexity index is 720. The van der Waals surface area contributed by atoms with Gasteiger partial charge in [0, 0.05) is 11.0 Å². The maximum Gasteiger partial charge on any atom is 0.317 e. The summed E-state index contributed by atoms with van der Waals surface area (Å²) in [6, 6.07) is 8.80. The first-order valence-electron chi connectivity index (χ1n) is 7.30. The van der Waals surface area contributed by atoms with Crippen LogP contribution in [0.5, 0.6) is 0 Å². The van der Waals surface area contributed by atoms with Gasteiger partial charge in [-0.1, -0.05) is 35.8 Å². The van der Waals surface area contributed by atoms with Gasteiger partial charge in [-0.15, -0.1) is 11.8 Å². The number of ether oxygens (including phenoxy) is 1. The zero-order valence-electron chi connectivity index (χ0n) is 13.2. The van der Waals surface area contributed by atoms with Gasteiger partial charge in [0.15, 0.2) is 11.9 Å². The monoisotopic (exact) mass is 368 g/mol. The molecule has 1 amide bonds. The molecule has 0 aliphatic heterocycles. The maximum atomic E-state index is 12.1. The smallest absolute Gasteiger partial charge is 0.317 e. The number of aryl methyl sites for hydroxylation is 1. The summed E-state index contributed by atoms with van der Waals surface area (Å²) >= 11 is 7.29. The van der Waals surface area contributed by atoms with Crippen molar-refractivity contribution >= 4 is 41.1 Å². The van der Waals surface area contributed by atoms with Crippen LogP contribution >= 0.6 is 23.4 Å². The Morgan fingerprint density at radius 3 is 2.79 bits per heavy atom. The number of amides is 1. The van der Waals surface area contributed by atoms with Gasteiger partial charge in [-0.25, -0.2) is 0 Å². The van der Waals surface area contributed by atoms with E-state index >= 15 is 0 Å². The Balaban J connectivity index is 1.86. The Morgan fingerprint density at radius 2 is 2.17 bits per heavy atom. The van der Waals surface area contributed by atoms with Crippen molar-refractivity contribution in [2.45, 2.75) is 31.3 Å². The van der Waals surface area contributed by atoms with Gasteiger partial charge in [-0.3, -0.25) is 9.59 Å². The number of nitrogens with zero attached hydrogens (tertiary/aromatic N) is 1. The lowest BCUT2D eigenvalue weighted by Gasteiger charge is -2.15. The number of rotatable bonds is 7. The van der Waals surface area contributed by atoms with Gasteiger partial charge in [0.1, 0.15) is 5.76 Å². The first kappa shape index (κ1) is 18.4. The lowest BCUT2D eigenvalue weighted by Crippen LogP contribution is -2.32. The third-order valence-corrected chi connectivity index (χ3v) is 4.49. The van der Waals surface area contributed by atoms with E-state index < -0.39 is 18.0 Å². The van der Waals surface area contributed by atoms with Crippen molar-refractivity contribution in [1.82, 2.24) is 5.16 Å². The van der Waals surface area contributed by atoms with Crippen LogP contribution in [0.25, 0.3) is 0 Å². The molecule has 0 saturated carbocycles. The zero-order chi connectivity index (χ0) is 17.5. The molecule has 1 aromatic heterocycles. The number of halogens is 1. The largest absolute Gasteiger partial charge is 0.452 e. The first-order valence-corrected chi connectivity index (χ1v) is 8.67. The molecule has 1 aromatic carbocycles. The summed E-state index contributed by atoms with van der Waals surface area (Å²) in [6.45, 7) is 3.47. The summed E-state index contributed by atoms with van der Waals surface area (Å²) in [4.78, 5) is 24.9. The molecule has 0 spiro atoms. The van der Waals surface area contributed by atoms with Gasteiger partial charge in [-0.05, 0) is 25.5 Å².